The smallest absolute Gasteiger partial charge is 0.161 e. The molecule has 0 amide bonds. The van der Waals surface area contributed by atoms with Crippen LogP contribution in [0.4, 0.5) is 0 Å². The maximum Gasteiger partial charge on any atom is 0.161 e. The molecule has 88 valence electrons. The van der Waals surface area contributed by atoms with E-state index in [1.807, 2.05) is 19.1 Å². The highest BCUT2D eigenvalue weighted by molar-refractivity contribution is 4.97. The first-order valence-electron chi connectivity index (χ1n) is 5.75. The van der Waals surface area contributed by atoms with Crippen LogP contribution in [0.2, 0.25) is 0 Å². The van der Waals surface area contributed by atoms with Gasteiger partial charge >= 0.3 is 0 Å². The van der Waals surface area contributed by atoms with Crippen LogP contribution in [-0.4, -0.2) is 30.2 Å². The summed E-state index contributed by atoms with van der Waals surface area (Å²) in [7, 11) is 0. The van der Waals surface area contributed by atoms with Crippen molar-refractivity contribution in [3.05, 3.63) is 12.2 Å². The molecule has 0 bridgehead atoms. The van der Waals surface area contributed by atoms with Gasteiger partial charge in [0, 0.05) is 13.0 Å². The van der Waals surface area contributed by atoms with E-state index >= 15 is 0 Å². The summed E-state index contributed by atoms with van der Waals surface area (Å²) < 4.78 is 11.0. The molecule has 15 heavy (non-hydrogen) atoms. The minimum atomic E-state index is -0.426. The van der Waals surface area contributed by atoms with E-state index in [4.69, 9.17) is 9.47 Å². The van der Waals surface area contributed by atoms with Crippen LogP contribution in [0.25, 0.3) is 0 Å². The lowest BCUT2D eigenvalue weighted by Crippen LogP contribution is -2.35. The molecule has 0 aromatic carbocycles. The normalized spacial score (nSPS) is 28.3. The summed E-state index contributed by atoms with van der Waals surface area (Å²) in [5, 5.41) is 9.90. The predicted molar refractivity (Wildman–Crippen MR) is 59.5 cm³/mol. The Balaban J connectivity index is 2.41. The van der Waals surface area contributed by atoms with Crippen molar-refractivity contribution in [1.82, 2.24) is 0 Å². The van der Waals surface area contributed by atoms with Crippen LogP contribution >= 0.6 is 0 Å². The standard InChI is InChI=1S/C12H22O3/c1-4-14-12-7-5-6-11(15-12)10(13)8-9(2)3/h5-6,9-13H,4,7-8H2,1-3H3/t10-,11-,12+/m1/s1. The third kappa shape index (κ3) is 4.33. The van der Waals surface area contributed by atoms with Crippen molar-refractivity contribution >= 4 is 0 Å². The minimum Gasteiger partial charge on any atom is -0.390 e. The largest absolute Gasteiger partial charge is 0.390 e. The fourth-order valence-electron chi connectivity index (χ4n) is 1.73. The molecule has 0 fully saturated rings. The summed E-state index contributed by atoms with van der Waals surface area (Å²) in [5.74, 6) is 0.476. The van der Waals surface area contributed by atoms with Gasteiger partial charge in [-0.2, -0.15) is 0 Å². The highest BCUT2D eigenvalue weighted by Gasteiger charge is 2.24. The first-order valence-corrected chi connectivity index (χ1v) is 5.75. The Morgan fingerprint density at radius 1 is 1.53 bits per heavy atom. The van der Waals surface area contributed by atoms with Crippen molar-refractivity contribution in [2.75, 3.05) is 6.61 Å². The molecule has 0 saturated carbocycles. The Kier molecular flexibility index (Phi) is 5.29. The zero-order valence-corrected chi connectivity index (χ0v) is 9.85. The predicted octanol–water partition coefficient (Wildman–Crippen LogP) is 2.10. The van der Waals surface area contributed by atoms with Crippen LogP contribution < -0.4 is 0 Å². The van der Waals surface area contributed by atoms with Crippen molar-refractivity contribution in [1.29, 1.82) is 0 Å². The van der Waals surface area contributed by atoms with Gasteiger partial charge in [-0.05, 0) is 19.3 Å². The van der Waals surface area contributed by atoms with Gasteiger partial charge in [-0.15, -0.1) is 0 Å². The van der Waals surface area contributed by atoms with Crippen LogP contribution in [0.1, 0.15) is 33.6 Å². The maximum atomic E-state index is 9.90. The Morgan fingerprint density at radius 3 is 2.87 bits per heavy atom. The maximum absolute atomic E-state index is 9.90. The van der Waals surface area contributed by atoms with Crippen LogP contribution in [0, 0.1) is 5.92 Å². The summed E-state index contributed by atoms with van der Waals surface area (Å²) in [6.45, 7) is 6.78. The molecule has 1 aliphatic heterocycles. The summed E-state index contributed by atoms with van der Waals surface area (Å²) in [5.41, 5.74) is 0. The van der Waals surface area contributed by atoms with E-state index in [0.717, 1.165) is 12.8 Å². The number of aliphatic hydroxyl groups is 1. The van der Waals surface area contributed by atoms with Crippen LogP contribution in [0.15, 0.2) is 12.2 Å². The Labute approximate surface area is 92.1 Å². The molecule has 3 nitrogen and oxygen atoms in total. The zero-order chi connectivity index (χ0) is 11.3. The molecule has 0 spiro atoms. The zero-order valence-electron chi connectivity index (χ0n) is 9.85. The van der Waals surface area contributed by atoms with Crippen LogP contribution in [0.3, 0.4) is 0 Å². The summed E-state index contributed by atoms with van der Waals surface area (Å²) in [6.07, 6.45) is 4.67. The second kappa shape index (κ2) is 6.26. The van der Waals surface area contributed by atoms with Crippen LogP contribution in [-0.2, 0) is 9.47 Å². The molecule has 0 aromatic rings. The lowest BCUT2D eigenvalue weighted by Gasteiger charge is -2.29. The Morgan fingerprint density at radius 2 is 2.27 bits per heavy atom. The van der Waals surface area contributed by atoms with Crippen LogP contribution in [0.5, 0.6) is 0 Å². The number of rotatable bonds is 5. The average Bonchev–Trinajstić information content (AvgIpc) is 2.17. The molecule has 0 radical (unpaired) electrons. The Bertz CT molecular complexity index is 201. The molecule has 3 atom stereocenters. The van der Waals surface area contributed by atoms with Gasteiger partial charge in [-0.25, -0.2) is 0 Å². The highest BCUT2D eigenvalue weighted by atomic mass is 16.7. The summed E-state index contributed by atoms with van der Waals surface area (Å²) in [4.78, 5) is 0. The number of hydrogen-bond acceptors (Lipinski definition) is 3. The van der Waals surface area contributed by atoms with E-state index < -0.39 is 6.10 Å². The van der Waals surface area contributed by atoms with Gasteiger partial charge < -0.3 is 14.6 Å². The van der Waals surface area contributed by atoms with Crippen molar-refractivity contribution in [3.63, 3.8) is 0 Å². The third-order valence-electron chi connectivity index (χ3n) is 2.41. The summed E-state index contributed by atoms with van der Waals surface area (Å²) >= 11 is 0. The van der Waals surface area contributed by atoms with E-state index in [9.17, 15) is 5.11 Å². The van der Waals surface area contributed by atoms with E-state index in [-0.39, 0.29) is 12.4 Å². The van der Waals surface area contributed by atoms with Gasteiger partial charge in [-0.1, -0.05) is 26.0 Å². The van der Waals surface area contributed by atoms with Gasteiger partial charge in [0.2, 0.25) is 0 Å². The van der Waals surface area contributed by atoms with Gasteiger partial charge in [-0.3, -0.25) is 0 Å². The number of ether oxygens (including phenoxy) is 2. The average molecular weight is 214 g/mol. The molecular formula is C12H22O3. The highest BCUT2D eigenvalue weighted by Crippen LogP contribution is 2.19. The van der Waals surface area contributed by atoms with E-state index in [1.54, 1.807) is 0 Å². The van der Waals surface area contributed by atoms with Gasteiger partial charge in [0.05, 0.1) is 6.10 Å². The number of aliphatic hydroxyl groups excluding tert-OH is 1. The van der Waals surface area contributed by atoms with E-state index in [0.29, 0.717) is 12.5 Å². The molecule has 1 heterocycles. The van der Waals surface area contributed by atoms with Crippen molar-refractivity contribution in [2.45, 2.75) is 52.1 Å². The number of hydrogen-bond donors (Lipinski definition) is 1. The topological polar surface area (TPSA) is 38.7 Å². The minimum absolute atomic E-state index is 0.188. The first-order chi connectivity index (χ1) is 7.13. The first kappa shape index (κ1) is 12.7. The molecule has 0 saturated heterocycles. The van der Waals surface area contributed by atoms with Crippen molar-refractivity contribution < 1.29 is 14.6 Å². The molecule has 1 aliphatic rings. The van der Waals surface area contributed by atoms with Gasteiger partial charge in [0.25, 0.3) is 0 Å². The van der Waals surface area contributed by atoms with Crippen molar-refractivity contribution in [2.24, 2.45) is 5.92 Å². The quantitative estimate of drug-likeness (QED) is 0.712. The second-order valence-electron chi connectivity index (χ2n) is 4.35. The molecule has 3 heteroatoms. The molecule has 0 unspecified atom stereocenters. The molecule has 0 aromatic heterocycles. The molecule has 0 aliphatic carbocycles. The fraction of sp³-hybridized carbons (Fsp3) is 0.833. The third-order valence-corrected chi connectivity index (χ3v) is 2.41. The SMILES string of the molecule is CCO[C@@H]1CC=C[C@H]([C@H](O)CC(C)C)O1. The lowest BCUT2D eigenvalue weighted by molar-refractivity contribution is -0.182. The van der Waals surface area contributed by atoms with E-state index in [1.165, 1.54) is 0 Å². The monoisotopic (exact) mass is 214 g/mol. The molecule has 1 N–H and O–H groups in total. The van der Waals surface area contributed by atoms with E-state index in [2.05, 4.69) is 13.8 Å². The van der Waals surface area contributed by atoms with Gasteiger partial charge in [0.15, 0.2) is 6.29 Å². The summed E-state index contributed by atoms with van der Waals surface area (Å²) in [6, 6.07) is 0. The molecule has 1 rings (SSSR count). The van der Waals surface area contributed by atoms with Crippen molar-refractivity contribution in [3.8, 4) is 0 Å². The fourth-order valence-corrected chi connectivity index (χ4v) is 1.73. The Hall–Kier alpha value is -0.380. The second-order valence-corrected chi connectivity index (χ2v) is 4.35. The lowest BCUT2D eigenvalue weighted by atomic mass is 10.0. The molecular weight excluding hydrogens is 192 g/mol. The van der Waals surface area contributed by atoms with Gasteiger partial charge in [0.1, 0.15) is 6.10 Å².